The Bertz CT molecular complexity index is 1220. The molecule has 0 atom stereocenters. The van der Waals surface area contributed by atoms with E-state index in [1.165, 1.54) is 12.1 Å². The van der Waals surface area contributed by atoms with E-state index >= 15 is 0 Å². The SMILES string of the molecule is CCOc1ccc(OCc2cccc(C(=O)Nc3cnn(Cc4cccc(F)c4)c3)c2)cc1. The van der Waals surface area contributed by atoms with E-state index in [-0.39, 0.29) is 11.7 Å². The van der Waals surface area contributed by atoms with Crippen molar-refractivity contribution in [1.29, 1.82) is 0 Å². The minimum Gasteiger partial charge on any atom is -0.494 e. The van der Waals surface area contributed by atoms with Crippen molar-refractivity contribution in [2.24, 2.45) is 0 Å². The molecule has 0 aliphatic rings. The van der Waals surface area contributed by atoms with E-state index in [2.05, 4.69) is 10.4 Å². The Morgan fingerprint density at radius 3 is 2.45 bits per heavy atom. The highest BCUT2D eigenvalue weighted by Crippen LogP contribution is 2.19. The van der Waals surface area contributed by atoms with Gasteiger partial charge in [-0.05, 0) is 66.6 Å². The van der Waals surface area contributed by atoms with Gasteiger partial charge in [-0.1, -0.05) is 24.3 Å². The standard InChI is InChI=1S/C26H24FN3O3/c1-2-32-24-9-11-25(12-10-24)33-18-20-6-3-7-21(13-20)26(31)29-23-15-28-30(17-23)16-19-5-4-8-22(27)14-19/h3-15,17H,2,16,18H2,1H3,(H,29,31). The van der Waals surface area contributed by atoms with Crippen molar-refractivity contribution in [1.82, 2.24) is 9.78 Å². The van der Waals surface area contributed by atoms with Crippen LogP contribution in [-0.4, -0.2) is 22.3 Å². The fourth-order valence-electron chi connectivity index (χ4n) is 3.31. The molecule has 0 spiro atoms. The average molecular weight is 445 g/mol. The monoisotopic (exact) mass is 445 g/mol. The number of benzene rings is 3. The zero-order chi connectivity index (χ0) is 23.0. The quantitative estimate of drug-likeness (QED) is 0.380. The summed E-state index contributed by atoms with van der Waals surface area (Å²) in [6.45, 7) is 3.29. The molecule has 0 saturated carbocycles. The predicted molar refractivity (Wildman–Crippen MR) is 124 cm³/mol. The molecular weight excluding hydrogens is 421 g/mol. The summed E-state index contributed by atoms with van der Waals surface area (Å²) in [6.07, 6.45) is 3.28. The Hall–Kier alpha value is -4.13. The van der Waals surface area contributed by atoms with Crippen molar-refractivity contribution >= 4 is 11.6 Å². The number of ether oxygens (including phenoxy) is 2. The first-order valence-electron chi connectivity index (χ1n) is 10.6. The van der Waals surface area contributed by atoms with Crippen LogP contribution < -0.4 is 14.8 Å². The Morgan fingerprint density at radius 1 is 0.970 bits per heavy atom. The molecule has 0 bridgehead atoms. The maximum atomic E-state index is 13.4. The molecule has 1 N–H and O–H groups in total. The van der Waals surface area contributed by atoms with Crippen LogP contribution >= 0.6 is 0 Å². The molecule has 0 fully saturated rings. The summed E-state index contributed by atoms with van der Waals surface area (Å²) in [7, 11) is 0. The van der Waals surface area contributed by atoms with E-state index in [0.717, 1.165) is 22.6 Å². The molecule has 4 rings (SSSR count). The first kappa shape index (κ1) is 22.1. The molecule has 0 aliphatic heterocycles. The summed E-state index contributed by atoms with van der Waals surface area (Å²) < 4.78 is 26.3. The molecule has 0 aliphatic carbocycles. The number of anilines is 1. The zero-order valence-electron chi connectivity index (χ0n) is 18.2. The highest BCUT2D eigenvalue weighted by atomic mass is 19.1. The lowest BCUT2D eigenvalue weighted by atomic mass is 10.1. The fraction of sp³-hybridized carbons (Fsp3) is 0.154. The maximum Gasteiger partial charge on any atom is 0.255 e. The van der Waals surface area contributed by atoms with Crippen molar-refractivity contribution in [2.45, 2.75) is 20.1 Å². The Morgan fingerprint density at radius 2 is 1.70 bits per heavy atom. The summed E-state index contributed by atoms with van der Waals surface area (Å²) in [6, 6.07) is 21.0. The molecule has 33 heavy (non-hydrogen) atoms. The Balaban J connectivity index is 1.34. The first-order valence-corrected chi connectivity index (χ1v) is 10.6. The second kappa shape index (κ2) is 10.5. The van der Waals surface area contributed by atoms with Gasteiger partial charge in [-0.15, -0.1) is 0 Å². The second-order valence-corrected chi connectivity index (χ2v) is 7.40. The highest BCUT2D eigenvalue weighted by molar-refractivity contribution is 6.04. The molecule has 0 unspecified atom stereocenters. The molecule has 1 amide bonds. The van der Waals surface area contributed by atoms with E-state index in [0.29, 0.717) is 31.0 Å². The van der Waals surface area contributed by atoms with Gasteiger partial charge in [-0.2, -0.15) is 5.10 Å². The summed E-state index contributed by atoms with van der Waals surface area (Å²) in [5.74, 6) is 0.976. The minimum absolute atomic E-state index is 0.247. The van der Waals surface area contributed by atoms with Gasteiger partial charge in [-0.25, -0.2) is 4.39 Å². The van der Waals surface area contributed by atoms with Gasteiger partial charge in [0, 0.05) is 11.8 Å². The number of hydrogen-bond donors (Lipinski definition) is 1. The van der Waals surface area contributed by atoms with Crippen LogP contribution in [0.1, 0.15) is 28.4 Å². The number of amides is 1. The number of carbonyl (C=O) groups excluding carboxylic acids is 1. The van der Waals surface area contributed by atoms with E-state index in [4.69, 9.17) is 9.47 Å². The third-order valence-electron chi connectivity index (χ3n) is 4.85. The minimum atomic E-state index is -0.292. The van der Waals surface area contributed by atoms with Crippen LogP contribution in [0.2, 0.25) is 0 Å². The largest absolute Gasteiger partial charge is 0.494 e. The molecule has 7 heteroatoms. The van der Waals surface area contributed by atoms with Gasteiger partial charge in [-0.3, -0.25) is 9.48 Å². The molecule has 6 nitrogen and oxygen atoms in total. The number of aromatic nitrogens is 2. The molecule has 3 aromatic carbocycles. The van der Waals surface area contributed by atoms with E-state index < -0.39 is 0 Å². The van der Waals surface area contributed by atoms with Crippen LogP contribution in [-0.2, 0) is 13.2 Å². The first-order chi connectivity index (χ1) is 16.1. The van der Waals surface area contributed by atoms with Gasteiger partial charge < -0.3 is 14.8 Å². The Kier molecular flexibility index (Phi) is 6.99. The average Bonchev–Trinajstić information content (AvgIpc) is 3.25. The van der Waals surface area contributed by atoms with Crippen molar-refractivity contribution in [2.75, 3.05) is 11.9 Å². The van der Waals surface area contributed by atoms with Gasteiger partial charge in [0.15, 0.2) is 0 Å². The topological polar surface area (TPSA) is 65.4 Å². The van der Waals surface area contributed by atoms with Crippen molar-refractivity contribution in [3.8, 4) is 11.5 Å². The van der Waals surface area contributed by atoms with Crippen LogP contribution in [0.3, 0.4) is 0 Å². The summed E-state index contributed by atoms with van der Waals surface area (Å²) >= 11 is 0. The van der Waals surface area contributed by atoms with E-state index in [1.54, 1.807) is 35.3 Å². The summed E-state index contributed by atoms with van der Waals surface area (Å²) in [5.41, 5.74) is 2.74. The third-order valence-corrected chi connectivity index (χ3v) is 4.85. The van der Waals surface area contributed by atoms with Gasteiger partial charge in [0.1, 0.15) is 23.9 Å². The zero-order valence-corrected chi connectivity index (χ0v) is 18.2. The van der Waals surface area contributed by atoms with Crippen molar-refractivity contribution in [3.05, 3.63) is 108 Å². The highest BCUT2D eigenvalue weighted by Gasteiger charge is 2.09. The van der Waals surface area contributed by atoms with Gasteiger partial charge in [0.25, 0.3) is 5.91 Å². The number of nitrogens with zero attached hydrogens (tertiary/aromatic N) is 2. The van der Waals surface area contributed by atoms with Gasteiger partial charge >= 0.3 is 0 Å². The summed E-state index contributed by atoms with van der Waals surface area (Å²) in [5, 5.41) is 7.08. The van der Waals surface area contributed by atoms with Crippen LogP contribution in [0.15, 0.2) is 85.2 Å². The lowest BCUT2D eigenvalue weighted by Gasteiger charge is -2.09. The summed E-state index contributed by atoms with van der Waals surface area (Å²) in [4.78, 5) is 12.7. The molecule has 0 radical (unpaired) electrons. The normalized spacial score (nSPS) is 10.6. The van der Waals surface area contributed by atoms with Crippen LogP contribution in [0.4, 0.5) is 10.1 Å². The lowest BCUT2D eigenvalue weighted by Crippen LogP contribution is -2.12. The maximum absolute atomic E-state index is 13.4. The predicted octanol–water partition coefficient (Wildman–Crippen LogP) is 5.30. The second-order valence-electron chi connectivity index (χ2n) is 7.40. The van der Waals surface area contributed by atoms with E-state index in [9.17, 15) is 9.18 Å². The van der Waals surface area contributed by atoms with Crippen molar-refractivity contribution in [3.63, 3.8) is 0 Å². The Labute approximate surface area is 191 Å². The van der Waals surface area contributed by atoms with Crippen LogP contribution in [0, 0.1) is 5.82 Å². The molecule has 0 saturated heterocycles. The number of halogens is 1. The number of nitrogens with one attached hydrogen (secondary N) is 1. The molecule has 1 heterocycles. The van der Waals surface area contributed by atoms with Crippen LogP contribution in [0.25, 0.3) is 0 Å². The molecule has 1 aromatic heterocycles. The molecule has 4 aromatic rings. The van der Waals surface area contributed by atoms with Crippen LogP contribution in [0.5, 0.6) is 11.5 Å². The lowest BCUT2D eigenvalue weighted by molar-refractivity contribution is 0.102. The smallest absolute Gasteiger partial charge is 0.255 e. The van der Waals surface area contributed by atoms with Gasteiger partial charge in [0.05, 0.1) is 25.0 Å². The van der Waals surface area contributed by atoms with Gasteiger partial charge in [0.2, 0.25) is 0 Å². The third kappa shape index (κ3) is 6.20. The number of rotatable bonds is 9. The van der Waals surface area contributed by atoms with E-state index in [1.807, 2.05) is 49.4 Å². The molecular formula is C26H24FN3O3. The fourth-order valence-corrected chi connectivity index (χ4v) is 3.31. The van der Waals surface area contributed by atoms with Crippen molar-refractivity contribution < 1.29 is 18.7 Å². The number of hydrogen-bond acceptors (Lipinski definition) is 4. The molecule has 168 valence electrons. The number of carbonyl (C=O) groups is 1.